The highest BCUT2D eigenvalue weighted by Crippen LogP contribution is 2.07. The summed E-state index contributed by atoms with van der Waals surface area (Å²) >= 11 is 0. The number of rotatable bonds is 12. The number of carbonyl (C=O) groups is 3. The Labute approximate surface area is 146 Å². The van der Waals surface area contributed by atoms with Gasteiger partial charge in [0.15, 0.2) is 0 Å². The second kappa shape index (κ2) is 11.9. The summed E-state index contributed by atoms with van der Waals surface area (Å²) < 4.78 is 15.3. The first-order valence-electron chi connectivity index (χ1n) is 7.84. The van der Waals surface area contributed by atoms with Crippen molar-refractivity contribution in [2.24, 2.45) is 0 Å². The summed E-state index contributed by atoms with van der Waals surface area (Å²) in [6.07, 6.45) is 2.29. The lowest BCUT2D eigenvalue weighted by molar-refractivity contribution is -0.137. The van der Waals surface area contributed by atoms with Crippen LogP contribution in [-0.2, 0) is 19.0 Å². The molecule has 1 atom stereocenters. The highest BCUT2D eigenvalue weighted by molar-refractivity contribution is 5.90. The Hall–Kier alpha value is -2.51. The molecular weight excluding hydrogens is 328 g/mol. The van der Waals surface area contributed by atoms with Crippen LogP contribution in [0.1, 0.15) is 33.6 Å². The van der Waals surface area contributed by atoms with Gasteiger partial charge in [0.25, 0.3) is 0 Å². The third-order valence-corrected chi connectivity index (χ3v) is 3.16. The topological polar surface area (TPSA) is 99.1 Å². The molecule has 1 rings (SSSR count). The molecule has 0 spiro atoms. The number of aliphatic hydroxyl groups is 1. The Bertz CT molecular complexity index is 565. The first-order valence-corrected chi connectivity index (χ1v) is 7.84. The highest BCUT2D eigenvalue weighted by atomic mass is 16.6. The van der Waals surface area contributed by atoms with Crippen molar-refractivity contribution in [3.63, 3.8) is 0 Å². The van der Waals surface area contributed by atoms with Gasteiger partial charge in [-0.05, 0) is 25.0 Å². The van der Waals surface area contributed by atoms with E-state index >= 15 is 0 Å². The minimum Gasteiger partial charge on any atom is -0.463 e. The van der Waals surface area contributed by atoms with Crippen LogP contribution in [0.3, 0.4) is 0 Å². The normalized spacial score (nSPS) is 11.4. The smallest absolute Gasteiger partial charge is 0.338 e. The summed E-state index contributed by atoms with van der Waals surface area (Å²) in [5, 5.41) is 9.26. The third kappa shape index (κ3) is 8.23. The van der Waals surface area contributed by atoms with Crippen LogP contribution >= 0.6 is 0 Å². The predicted molar refractivity (Wildman–Crippen MR) is 89.3 cm³/mol. The van der Waals surface area contributed by atoms with Crippen molar-refractivity contribution >= 4 is 18.2 Å². The van der Waals surface area contributed by atoms with Gasteiger partial charge in [0.1, 0.15) is 12.4 Å². The van der Waals surface area contributed by atoms with Crippen LogP contribution in [-0.4, -0.2) is 55.9 Å². The van der Waals surface area contributed by atoms with Crippen LogP contribution in [0.25, 0.3) is 0 Å². The number of aldehydes is 1. The maximum absolute atomic E-state index is 11.9. The molecule has 0 aliphatic rings. The van der Waals surface area contributed by atoms with E-state index in [9.17, 15) is 19.5 Å². The number of hydrogen-bond donors (Lipinski definition) is 1. The molecule has 7 heteroatoms. The standard InChI is InChI=1S/C18H22O7/c1-2-17(21)24-10-4-3-9-23-13-16(12-20)25-18(22)15-7-5-14(11-19)6-8-15/h2,5-8,11,16,20H,1,3-4,9-10,12-13H2. The summed E-state index contributed by atoms with van der Waals surface area (Å²) in [6, 6.07) is 5.97. The molecule has 1 N–H and O–H groups in total. The quantitative estimate of drug-likeness (QED) is 0.264. The van der Waals surface area contributed by atoms with Gasteiger partial charge in [-0.3, -0.25) is 4.79 Å². The van der Waals surface area contributed by atoms with Crippen molar-refractivity contribution in [2.45, 2.75) is 18.9 Å². The molecule has 25 heavy (non-hydrogen) atoms. The number of aliphatic hydroxyl groups excluding tert-OH is 1. The van der Waals surface area contributed by atoms with Crippen molar-refractivity contribution < 1.29 is 33.7 Å². The zero-order valence-corrected chi connectivity index (χ0v) is 13.9. The molecular formula is C18H22O7. The minimum atomic E-state index is -0.781. The SMILES string of the molecule is C=CC(=O)OCCCCOCC(CO)OC(=O)c1ccc(C=O)cc1. The van der Waals surface area contributed by atoms with Crippen LogP contribution in [0.2, 0.25) is 0 Å². The monoisotopic (exact) mass is 350 g/mol. The molecule has 1 unspecified atom stereocenters. The average molecular weight is 350 g/mol. The van der Waals surface area contributed by atoms with Crippen molar-refractivity contribution in [1.82, 2.24) is 0 Å². The Balaban J connectivity index is 2.24. The number of hydrogen-bond acceptors (Lipinski definition) is 7. The molecule has 0 heterocycles. The molecule has 136 valence electrons. The Morgan fingerprint density at radius 3 is 2.44 bits per heavy atom. The fraction of sp³-hybridized carbons (Fsp3) is 0.389. The molecule has 1 aromatic carbocycles. The third-order valence-electron chi connectivity index (χ3n) is 3.16. The largest absolute Gasteiger partial charge is 0.463 e. The summed E-state index contributed by atoms with van der Waals surface area (Å²) in [5.41, 5.74) is 0.741. The van der Waals surface area contributed by atoms with Gasteiger partial charge >= 0.3 is 11.9 Å². The van der Waals surface area contributed by atoms with E-state index < -0.39 is 18.0 Å². The summed E-state index contributed by atoms with van der Waals surface area (Å²) in [6.45, 7) is 3.65. The van der Waals surface area contributed by atoms with Crippen molar-refractivity contribution in [2.75, 3.05) is 26.4 Å². The second-order valence-electron chi connectivity index (χ2n) is 5.10. The number of benzene rings is 1. The van der Waals surface area contributed by atoms with Crippen LogP contribution in [0.15, 0.2) is 36.9 Å². The van der Waals surface area contributed by atoms with Crippen molar-refractivity contribution in [3.8, 4) is 0 Å². The first-order chi connectivity index (χ1) is 12.1. The molecule has 0 fully saturated rings. The predicted octanol–water partition coefficient (Wildman–Crippen LogP) is 1.54. The molecule has 0 bridgehead atoms. The zero-order valence-electron chi connectivity index (χ0n) is 13.9. The maximum Gasteiger partial charge on any atom is 0.338 e. The molecule has 0 saturated heterocycles. The molecule has 0 aromatic heterocycles. The van der Waals surface area contributed by atoms with Gasteiger partial charge in [0.05, 0.1) is 25.4 Å². The minimum absolute atomic E-state index is 0.0567. The lowest BCUT2D eigenvalue weighted by Crippen LogP contribution is -2.27. The molecule has 0 saturated carbocycles. The molecule has 0 radical (unpaired) electrons. The Morgan fingerprint density at radius 2 is 1.84 bits per heavy atom. The summed E-state index contributed by atoms with van der Waals surface area (Å²) in [4.78, 5) is 33.3. The van der Waals surface area contributed by atoms with E-state index in [-0.39, 0.29) is 25.4 Å². The number of unbranched alkanes of at least 4 members (excludes halogenated alkanes) is 1. The number of ether oxygens (including phenoxy) is 3. The molecule has 0 aliphatic heterocycles. The van der Waals surface area contributed by atoms with Crippen molar-refractivity contribution in [3.05, 3.63) is 48.0 Å². The van der Waals surface area contributed by atoms with Gasteiger partial charge in [0.2, 0.25) is 0 Å². The molecule has 7 nitrogen and oxygen atoms in total. The van der Waals surface area contributed by atoms with Crippen LogP contribution < -0.4 is 0 Å². The second-order valence-corrected chi connectivity index (χ2v) is 5.10. The summed E-state index contributed by atoms with van der Waals surface area (Å²) in [5.74, 6) is -1.06. The lowest BCUT2D eigenvalue weighted by Gasteiger charge is -2.16. The van der Waals surface area contributed by atoms with Crippen LogP contribution in [0.5, 0.6) is 0 Å². The number of carbonyl (C=O) groups excluding carboxylic acids is 3. The average Bonchev–Trinajstić information content (AvgIpc) is 2.65. The van der Waals surface area contributed by atoms with E-state index in [1.807, 2.05) is 0 Å². The van der Waals surface area contributed by atoms with E-state index in [1.54, 1.807) is 0 Å². The van der Waals surface area contributed by atoms with Gasteiger partial charge in [-0.2, -0.15) is 0 Å². The van der Waals surface area contributed by atoms with E-state index in [0.717, 1.165) is 6.08 Å². The van der Waals surface area contributed by atoms with Gasteiger partial charge < -0.3 is 19.3 Å². The lowest BCUT2D eigenvalue weighted by atomic mass is 10.1. The van der Waals surface area contributed by atoms with Gasteiger partial charge in [-0.1, -0.05) is 18.7 Å². The molecule has 0 amide bonds. The Morgan fingerprint density at radius 1 is 1.16 bits per heavy atom. The van der Waals surface area contributed by atoms with Gasteiger partial charge in [-0.15, -0.1) is 0 Å². The van der Waals surface area contributed by atoms with Gasteiger partial charge in [-0.25, -0.2) is 9.59 Å². The fourth-order valence-electron chi connectivity index (χ4n) is 1.79. The fourth-order valence-corrected chi connectivity index (χ4v) is 1.79. The van der Waals surface area contributed by atoms with Crippen LogP contribution in [0.4, 0.5) is 0 Å². The van der Waals surface area contributed by atoms with E-state index in [2.05, 4.69) is 6.58 Å². The summed E-state index contributed by atoms with van der Waals surface area (Å²) in [7, 11) is 0. The maximum atomic E-state index is 11.9. The number of esters is 2. The Kier molecular flexibility index (Phi) is 9.81. The first kappa shape index (κ1) is 20.5. The van der Waals surface area contributed by atoms with E-state index in [4.69, 9.17) is 14.2 Å². The molecule has 1 aromatic rings. The van der Waals surface area contributed by atoms with Crippen LogP contribution in [0, 0.1) is 0 Å². The van der Waals surface area contributed by atoms with E-state index in [1.165, 1.54) is 24.3 Å². The van der Waals surface area contributed by atoms with Gasteiger partial charge in [0, 0.05) is 18.2 Å². The zero-order chi connectivity index (χ0) is 18.5. The van der Waals surface area contributed by atoms with Crippen molar-refractivity contribution in [1.29, 1.82) is 0 Å². The highest BCUT2D eigenvalue weighted by Gasteiger charge is 2.15. The molecule has 0 aliphatic carbocycles. The van der Waals surface area contributed by atoms with E-state index in [0.29, 0.717) is 31.3 Å².